The van der Waals surface area contributed by atoms with Crippen molar-refractivity contribution in [3.63, 3.8) is 0 Å². The molecule has 0 aliphatic carbocycles. The zero-order valence-electron chi connectivity index (χ0n) is 17.8. The molecule has 0 spiro atoms. The van der Waals surface area contributed by atoms with Gasteiger partial charge in [0.2, 0.25) is 0 Å². The van der Waals surface area contributed by atoms with Crippen LogP contribution < -0.4 is 19.7 Å². The summed E-state index contributed by atoms with van der Waals surface area (Å²) >= 11 is 0. The lowest BCUT2D eigenvalue weighted by Gasteiger charge is -2.13. The van der Waals surface area contributed by atoms with Gasteiger partial charge in [-0.3, -0.25) is 9.00 Å². The van der Waals surface area contributed by atoms with Gasteiger partial charge in [0.25, 0.3) is 5.91 Å². The molecule has 1 amide bonds. The average Bonchev–Trinajstić information content (AvgIpc) is 2.79. The van der Waals surface area contributed by atoms with Gasteiger partial charge in [-0.25, -0.2) is 9.97 Å². The second-order valence-electron chi connectivity index (χ2n) is 6.78. The van der Waals surface area contributed by atoms with E-state index in [1.54, 1.807) is 55.8 Å². The van der Waals surface area contributed by atoms with Crippen molar-refractivity contribution in [1.29, 1.82) is 0 Å². The molecule has 8 nitrogen and oxygen atoms in total. The number of carbonyl (C=O) groups is 1. The zero-order chi connectivity index (χ0) is 22.4. The molecular weight excluding hydrogens is 416 g/mol. The van der Waals surface area contributed by atoms with Gasteiger partial charge in [-0.05, 0) is 30.3 Å². The first-order valence-corrected chi connectivity index (χ1v) is 10.7. The first-order chi connectivity index (χ1) is 14.9. The molecule has 9 heteroatoms. The minimum atomic E-state index is -1.57. The molecule has 0 bridgehead atoms. The van der Waals surface area contributed by atoms with Crippen molar-refractivity contribution >= 4 is 28.2 Å². The van der Waals surface area contributed by atoms with E-state index in [0.29, 0.717) is 17.2 Å². The fourth-order valence-electron chi connectivity index (χ4n) is 2.85. The topological polar surface area (TPSA) is 93.6 Å². The van der Waals surface area contributed by atoms with Crippen LogP contribution in [0, 0.1) is 0 Å². The lowest BCUT2D eigenvalue weighted by molar-refractivity contribution is 0.102. The van der Waals surface area contributed by atoms with Crippen LogP contribution in [0.15, 0.2) is 59.9 Å². The summed E-state index contributed by atoms with van der Waals surface area (Å²) in [5.41, 5.74) is 1.50. The minimum Gasteiger partial charge on any atom is -0.497 e. The molecule has 2 heterocycles. The molecule has 31 heavy (non-hydrogen) atoms. The molecule has 1 atom stereocenters. The summed E-state index contributed by atoms with van der Waals surface area (Å²) in [4.78, 5) is 23.2. The molecule has 0 saturated heterocycles. The Kier molecular flexibility index (Phi) is 7.19. The lowest BCUT2D eigenvalue weighted by Crippen LogP contribution is -2.17. The second kappa shape index (κ2) is 10.0. The minimum absolute atomic E-state index is 0.142. The highest BCUT2D eigenvalue weighted by molar-refractivity contribution is 7.84. The Bertz CT molecular complexity index is 1090. The number of aromatic nitrogens is 2. The number of rotatable bonds is 8. The van der Waals surface area contributed by atoms with Crippen LogP contribution in [0.1, 0.15) is 15.9 Å². The first-order valence-electron chi connectivity index (χ1n) is 9.42. The van der Waals surface area contributed by atoms with Gasteiger partial charge < -0.3 is 19.7 Å². The van der Waals surface area contributed by atoms with Gasteiger partial charge >= 0.3 is 0 Å². The number of benzene rings is 1. The van der Waals surface area contributed by atoms with Crippen LogP contribution in [0.25, 0.3) is 0 Å². The fraction of sp³-hybridized carbons (Fsp3) is 0.227. The summed E-state index contributed by atoms with van der Waals surface area (Å²) < 4.78 is 23.7. The fourth-order valence-corrected chi connectivity index (χ4v) is 4.09. The predicted octanol–water partition coefficient (Wildman–Crippen LogP) is 3.12. The highest BCUT2D eigenvalue weighted by Gasteiger charge is 2.19. The molecular formula is C22H24N4O4S. The number of methoxy groups -OCH3 is 2. The number of pyridine rings is 2. The standard InChI is InChI=1S/C22H24N4O4S/c1-26(2)20-10-8-16(13-24-20)25-21(27)18-6-5-11-23-22(18)31(28)14-15-7-9-17(29-3)12-19(15)30-4/h5-13H,14H2,1-4H3,(H,25,27). The summed E-state index contributed by atoms with van der Waals surface area (Å²) in [6, 6.07) is 12.1. The number of amides is 1. The van der Waals surface area contributed by atoms with Gasteiger partial charge in [-0.1, -0.05) is 6.07 Å². The lowest BCUT2D eigenvalue weighted by atomic mass is 10.2. The first kappa shape index (κ1) is 22.2. The van der Waals surface area contributed by atoms with E-state index in [4.69, 9.17) is 9.47 Å². The Balaban J connectivity index is 1.81. The van der Waals surface area contributed by atoms with Gasteiger partial charge in [0.1, 0.15) is 22.3 Å². The molecule has 0 aliphatic rings. The maximum Gasteiger partial charge on any atom is 0.258 e. The largest absolute Gasteiger partial charge is 0.497 e. The van der Waals surface area contributed by atoms with E-state index in [0.717, 1.165) is 11.4 Å². The van der Waals surface area contributed by atoms with Crippen LogP contribution in [0.2, 0.25) is 0 Å². The number of carbonyl (C=O) groups excluding carboxylic acids is 1. The monoisotopic (exact) mass is 440 g/mol. The van der Waals surface area contributed by atoms with E-state index in [-0.39, 0.29) is 16.3 Å². The van der Waals surface area contributed by atoms with Crippen LogP contribution in [0.3, 0.4) is 0 Å². The van der Waals surface area contributed by atoms with E-state index in [9.17, 15) is 9.00 Å². The van der Waals surface area contributed by atoms with Crippen LogP contribution in [0.4, 0.5) is 11.5 Å². The van der Waals surface area contributed by atoms with Crippen molar-refractivity contribution in [2.75, 3.05) is 38.5 Å². The van der Waals surface area contributed by atoms with Crippen LogP contribution in [0.5, 0.6) is 11.5 Å². The van der Waals surface area contributed by atoms with E-state index in [2.05, 4.69) is 15.3 Å². The van der Waals surface area contributed by atoms with Gasteiger partial charge in [-0.2, -0.15) is 0 Å². The molecule has 3 aromatic rings. The third kappa shape index (κ3) is 5.37. The van der Waals surface area contributed by atoms with Crippen molar-refractivity contribution in [3.8, 4) is 11.5 Å². The van der Waals surface area contributed by atoms with Gasteiger partial charge in [0, 0.05) is 31.9 Å². The molecule has 3 rings (SSSR count). The summed E-state index contributed by atoms with van der Waals surface area (Å²) in [6.45, 7) is 0. The third-order valence-corrected chi connectivity index (χ3v) is 5.81. The summed E-state index contributed by atoms with van der Waals surface area (Å²) in [7, 11) is 5.30. The molecule has 0 fully saturated rings. The molecule has 1 N–H and O–H groups in total. The quantitative estimate of drug-likeness (QED) is 0.575. The summed E-state index contributed by atoms with van der Waals surface area (Å²) in [6.07, 6.45) is 3.09. The van der Waals surface area contributed by atoms with Crippen molar-refractivity contribution in [1.82, 2.24) is 9.97 Å². The Hall–Kier alpha value is -3.46. The summed E-state index contributed by atoms with van der Waals surface area (Å²) in [5.74, 6) is 1.70. The number of anilines is 2. The van der Waals surface area contributed by atoms with E-state index in [1.165, 1.54) is 13.3 Å². The van der Waals surface area contributed by atoms with E-state index >= 15 is 0 Å². The second-order valence-corrected chi connectivity index (χ2v) is 8.14. The highest BCUT2D eigenvalue weighted by Crippen LogP contribution is 2.27. The Labute approximate surface area is 183 Å². The molecule has 0 aliphatic heterocycles. The van der Waals surface area contributed by atoms with Crippen molar-refractivity contribution in [2.24, 2.45) is 0 Å². The maximum atomic E-state index is 13.1. The number of hydrogen-bond acceptors (Lipinski definition) is 7. The van der Waals surface area contributed by atoms with Gasteiger partial charge in [0.15, 0.2) is 0 Å². The predicted molar refractivity (Wildman–Crippen MR) is 120 cm³/mol. The molecule has 1 unspecified atom stereocenters. The molecule has 162 valence electrons. The van der Waals surface area contributed by atoms with Crippen LogP contribution in [-0.4, -0.2) is 48.4 Å². The third-order valence-electron chi connectivity index (χ3n) is 4.48. The van der Waals surface area contributed by atoms with E-state index < -0.39 is 16.7 Å². The Morgan fingerprint density at radius 2 is 1.90 bits per heavy atom. The highest BCUT2D eigenvalue weighted by atomic mass is 32.2. The number of ether oxygens (including phenoxy) is 2. The van der Waals surface area contributed by atoms with E-state index in [1.807, 2.05) is 19.0 Å². The number of hydrogen-bond donors (Lipinski definition) is 1. The van der Waals surface area contributed by atoms with Gasteiger partial charge in [-0.15, -0.1) is 0 Å². The Morgan fingerprint density at radius 1 is 1.10 bits per heavy atom. The zero-order valence-corrected chi connectivity index (χ0v) is 18.6. The van der Waals surface area contributed by atoms with Crippen molar-refractivity contribution in [2.45, 2.75) is 10.8 Å². The van der Waals surface area contributed by atoms with Crippen LogP contribution in [-0.2, 0) is 16.6 Å². The average molecular weight is 441 g/mol. The molecule has 1 aromatic carbocycles. The smallest absolute Gasteiger partial charge is 0.258 e. The van der Waals surface area contributed by atoms with Crippen LogP contribution >= 0.6 is 0 Å². The number of nitrogens with zero attached hydrogens (tertiary/aromatic N) is 3. The number of nitrogens with one attached hydrogen (secondary N) is 1. The Morgan fingerprint density at radius 3 is 2.55 bits per heavy atom. The van der Waals surface area contributed by atoms with Crippen molar-refractivity contribution in [3.05, 3.63) is 66.0 Å². The normalized spacial score (nSPS) is 11.5. The summed E-state index contributed by atoms with van der Waals surface area (Å²) in [5, 5.41) is 2.99. The SMILES string of the molecule is COc1ccc(CS(=O)c2ncccc2C(=O)Nc2ccc(N(C)C)nc2)c(OC)c1. The molecule has 2 aromatic heterocycles. The van der Waals surface area contributed by atoms with Crippen molar-refractivity contribution < 1.29 is 18.5 Å². The molecule has 0 radical (unpaired) electrons. The molecule has 0 saturated carbocycles. The maximum absolute atomic E-state index is 13.1. The van der Waals surface area contributed by atoms with Gasteiger partial charge in [0.05, 0.1) is 48.2 Å².